The molecule has 55 heavy (non-hydrogen) atoms. The van der Waals surface area contributed by atoms with Gasteiger partial charge < -0.3 is 4.90 Å². The molecule has 0 saturated carbocycles. The fourth-order valence-corrected chi connectivity index (χ4v) is 10.1. The van der Waals surface area contributed by atoms with Gasteiger partial charge in [0.05, 0.1) is 17.1 Å². The van der Waals surface area contributed by atoms with Crippen LogP contribution in [0.15, 0.2) is 176 Å². The van der Waals surface area contributed by atoms with E-state index in [2.05, 4.69) is 209 Å². The Morgan fingerprint density at radius 3 is 1.64 bits per heavy atom. The maximum atomic E-state index is 2.56. The molecule has 0 aromatic heterocycles. The normalized spacial score (nSPS) is 14.8. The molecule has 0 amide bonds. The van der Waals surface area contributed by atoms with Crippen LogP contribution in [0.4, 0.5) is 17.1 Å². The van der Waals surface area contributed by atoms with Gasteiger partial charge in [0.2, 0.25) is 0 Å². The second-order valence-electron chi connectivity index (χ2n) is 16.5. The van der Waals surface area contributed by atoms with E-state index in [9.17, 15) is 0 Å². The molecule has 9 aromatic carbocycles. The SMILES string of the molecule is CC1(C)c2ccccc2-c2cc(-c3c4ccccc4c(N4c5ccccc5C(C)(C)c5ccccc54)c4ccc(-c5cccc6ccccc56)cc34)ccc21. The first-order chi connectivity index (χ1) is 26.8. The van der Waals surface area contributed by atoms with Gasteiger partial charge in [-0.25, -0.2) is 0 Å². The quantitative estimate of drug-likeness (QED) is 0.166. The third kappa shape index (κ3) is 4.47. The van der Waals surface area contributed by atoms with Crippen LogP contribution in [-0.4, -0.2) is 0 Å². The lowest BCUT2D eigenvalue weighted by atomic mass is 9.73. The Balaban J connectivity index is 1.27. The van der Waals surface area contributed by atoms with Gasteiger partial charge in [-0.2, -0.15) is 0 Å². The minimum atomic E-state index is -0.148. The fraction of sp³-hybridized carbons (Fsp3) is 0.111. The molecule has 0 fully saturated rings. The van der Waals surface area contributed by atoms with Crippen LogP contribution >= 0.6 is 0 Å². The number of nitrogens with zero attached hydrogens (tertiary/aromatic N) is 1. The molecule has 262 valence electrons. The van der Waals surface area contributed by atoms with Gasteiger partial charge in [-0.1, -0.05) is 179 Å². The zero-order chi connectivity index (χ0) is 37.1. The van der Waals surface area contributed by atoms with Crippen molar-refractivity contribution in [2.24, 2.45) is 0 Å². The molecule has 1 heterocycles. The van der Waals surface area contributed by atoms with Crippen molar-refractivity contribution in [2.75, 3.05) is 4.90 Å². The summed E-state index contributed by atoms with van der Waals surface area (Å²) in [6.07, 6.45) is 0. The summed E-state index contributed by atoms with van der Waals surface area (Å²) in [5.74, 6) is 0. The molecule has 2 aliphatic rings. The van der Waals surface area contributed by atoms with Crippen LogP contribution in [0.1, 0.15) is 49.9 Å². The Morgan fingerprint density at radius 2 is 0.873 bits per heavy atom. The van der Waals surface area contributed by atoms with Gasteiger partial charge in [-0.15, -0.1) is 0 Å². The van der Waals surface area contributed by atoms with Crippen molar-refractivity contribution in [3.63, 3.8) is 0 Å². The topological polar surface area (TPSA) is 3.24 Å². The van der Waals surface area contributed by atoms with Gasteiger partial charge in [0.25, 0.3) is 0 Å². The minimum Gasteiger partial charge on any atom is -0.309 e. The predicted octanol–water partition coefficient (Wildman–Crippen LogP) is 14.9. The highest BCUT2D eigenvalue weighted by Crippen LogP contribution is 2.57. The van der Waals surface area contributed by atoms with Crippen molar-refractivity contribution in [2.45, 2.75) is 38.5 Å². The van der Waals surface area contributed by atoms with E-state index in [1.165, 1.54) is 105 Å². The minimum absolute atomic E-state index is 0.0528. The van der Waals surface area contributed by atoms with E-state index in [1.807, 2.05) is 0 Å². The van der Waals surface area contributed by atoms with Gasteiger partial charge >= 0.3 is 0 Å². The largest absolute Gasteiger partial charge is 0.309 e. The van der Waals surface area contributed by atoms with E-state index in [1.54, 1.807) is 0 Å². The summed E-state index contributed by atoms with van der Waals surface area (Å²) >= 11 is 0. The zero-order valence-electron chi connectivity index (χ0n) is 31.7. The summed E-state index contributed by atoms with van der Waals surface area (Å²) in [6, 6.07) is 66.0. The van der Waals surface area contributed by atoms with Crippen molar-refractivity contribution in [3.05, 3.63) is 198 Å². The maximum Gasteiger partial charge on any atom is 0.0619 e. The molecule has 9 aromatic rings. The molecule has 0 bridgehead atoms. The number of benzene rings is 9. The first kappa shape index (κ1) is 32.0. The first-order valence-electron chi connectivity index (χ1n) is 19.5. The lowest BCUT2D eigenvalue weighted by Gasteiger charge is -2.42. The fourth-order valence-electron chi connectivity index (χ4n) is 10.1. The summed E-state index contributed by atoms with van der Waals surface area (Å²) in [6.45, 7) is 9.46. The maximum absolute atomic E-state index is 2.56. The Morgan fingerprint density at radius 1 is 0.345 bits per heavy atom. The Hall–Kier alpha value is -6.44. The molecule has 1 aliphatic heterocycles. The van der Waals surface area contributed by atoms with E-state index in [0.717, 1.165) is 0 Å². The van der Waals surface area contributed by atoms with Crippen LogP contribution in [0.25, 0.3) is 65.7 Å². The molecule has 1 nitrogen and oxygen atoms in total. The summed E-state index contributed by atoms with van der Waals surface area (Å²) in [5, 5.41) is 7.51. The van der Waals surface area contributed by atoms with Gasteiger partial charge in [0.15, 0.2) is 0 Å². The lowest BCUT2D eigenvalue weighted by Crippen LogP contribution is -2.30. The van der Waals surface area contributed by atoms with Crippen molar-refractivity contribution in [3.8, 4) is 33.4 Å². The molecule has 1 heteroatoms. The Bertz CT molecular complexity index is 3000. The van der Waals surface area contributed by atoms with Gasteiger partial charge in [0, 0.05) is 21.6 Å². The molecule has 0 spiro atoms. The van der Waals surface area contributed by atoms with E-state index < -0.39 is 0 Å². The molecule has 0 N–H and O–H groups in total. The van der Waals surface area contributed by atoms with Gasteiger partial charge in [-0.05, 0) is 101 Å². The smallest absolute Gasteiger partial charge is 0.0619 e. The number of hydrogen-bond donors (Lipinski definition) is 0. The summed E-state index contributed by atoms with van der Waals surface area (Å²) in [7, 11) is 0. The average molecular weight is 704 g/mol. The van der Waals surface area contributed by atoms with Crippen LogP contribution in [0.3, 0.4) is 0 Å². The third-order valence-corrected chi connectivity index (χ3v) is 12.8. The van der Waals surface area contributed by atoms with Crippen LogP contribution in [0, 0.1) is 0 Å². The third-order valence-electron chi connectivity index (χ3n) is 12.8. The summed E-state index contributed by atoms with van der Waals surface area (Å²) in [4.78, 5) is 2.56. The number of anilines is 3. The summed E-state index contributed by atoms with van der Waals surface area (Å²) in [5.41, 5.74) is 16.6. The zero-order valence-corrected chi connectivity index (χ0v) is 31.7. The number of para-hydroxylation sites is 2. The van der Waals surface area contributed by atoms with Crippen LogP contribution < -0.4 is 4.90 Å². The van der Waals surface area contributed by atoms with Crippen molar-refractivity contribution >= 4 is 49.4 Å². The van der Waals surface area contributed by atoms with Gasteiger partial charge in [-0.3, -0.25) is 0 Å². The second-order valence-corrected chi connectivity index (χ2v) is 16.5. The molecule has 0 unspecified atom stereocenters. The van der Waals surface area contributed by atoms with Gasteiger partial charge in [0.1, 0.15) is 0 Å². The number of rotatable bonds is 3. The van der Waals surface area contributed by atoms with Crippen LogP contribution in [0.5, 0.6) is 0 Å². The number of hydrogen-bond acceptors (Lipinski definition) is 1. The highest BCUT2D eigenvalue weighted by atomic mass is 15.2. The highest BCUT2D eigenvalue weighted by Gasteiger charge is 2.38. The van der Waals surface area contributed by atoms with Crippen molar-refractivity contribution in [1.82, 2.24) is 0 Å². The van der Waals surface area contributed by atoms with Crippen molar-refractivity contribution in [1.29, 1.82) is 0 Å². The van der Waals surface area contributed by atoms with Crippen molar-refractivity contribution < 1.29 is 0 Å². The molecular weight excluding hydrogens is 663 g/mol. The molecular formula is C54H41N. The number of fused-ring (bicyclic) bond motifs is 8. The molecule has 1 aliphatic carbocycles. The molecule has 0 saturated heterocycles. The van der Waals surface area contributed by atoms with E-state index in [-0.39, 0.29) is 10.8 Å². The van der Waals surface area contributed by atoms with Crippen LogP contribution in [0.2, 0.25) is 0 Å². The lowest BCUT2D eigenvalue weighted by molar-refractivity contribution is 0.632. The Labute approximate surface area is 323 Å². The average Bonchev–Trinajstić information content (AvgIpc) is 3.45. The molecule has 0 atom stereocenters. The summed E-state index contributed by atoms with van der Waals surface area (Å²) < 4.78 is 0. The standard InChI is InChI=1S/C54H41N/c1-53(2)45-23-10-9-19-39(45)43-33-36(29-31-46(43)53)51-40-20-7-8-21-41(40)52(55-49-26-13-11-24-47(49)54(3,4)48-25-12-14-27-50(48)55)42-30-28-35(32-44(42)51)38-22-15-17-34-16-5-6-18-37(34)38/h5-33H,1-4H3. The first-order valence-corrected chi connectivity index (χ1v) is 19.5. The van der Waals surface area contributed by atoms with E-state index in [0.29, 0.717) is 0 Å². The monoisotopic (exact) mass is 703 g/mol. The van der Waals surface area contributed by atoms with E-state index in [4.69, 9.17) is 0 Å². The molecule has 0 radical (unpaired) electrons. The van der Waals surface area contributed by atoms with E-state index >= 15 is 0 Å². The highest BCUT2D eigenvalue weighted by molar-refractivity contribution is 6.23. The predicted molar refractivity (Wildman–Crippen MR) is 234 cm³/mol. The second kappa shape index (κ2) is 11.5. The van der Waals surface area contributed by atoms with Crippen LogP contribution in [-0.2, 0) is 10.8 Å². The molecule has 11 rings (SSSR count). The Kier molecular flexibility index (Phi) is 6.72.